The molecule has 5 heteroatoms. The second-order valence-electron chi connectivity index (χ2n) is 0. The molecule has 0 aliphatic carbocycles. The molecule has 0 aromatic heterocycles. The number of rotatable bonds is 0. The second-order valence-corrected chi connectivity index (χ2v) is 0. The summed E-state index contributed by atoms with van der Waals surface area (Å²) in [6.45, 7) is 0. The molecular weight excluding hydrogens is 293 g/mol. The summed E-state index contributed by atoms with van der Waals surface area (Å²) >= 11 is 4.23. The van der Waals surface area contributed by atoms with Crippen LogP contribution in [0.5, 0.6) is 0 Å². The first-order chi connectivity index (χ1) is 1.00. The summed E-state index contributed by atoms with van der Waals surface area (Å²) in [5.74, 6) is 0. The van der Waals surface area contributed by atoms with E-state index in [-0.39, 0.29) is 59.9 Å². The zero-order valence-corrected chi connectivity index (χ0v) is 9.11. The van der Waals surface area contributed by atoms with Crippen LogP contribution in [0.4, 0.5) is 0 Å². The van der Waals surface area contributed by atoms with Crippen molar-refractivity contribution in [3.63, 3.8) is 0 Å². The first-order valence-corrected chi connectivity index (χ1v) is 6.04. The molecule has 0 N–H and O–H groups in total. The van der Waals surface area contributed by atoms with E-state index in [1.54, 1.807) is 0 Å². The Morgan fingerprint density at radius 2 is 1.20 bits per heavy atom. The van der Waals surface area contributed by atoms with E-state index < -0.39 is 0 Å². The van der Waals surface area contributed by atoms with E-state index in [9.17, 15) is 0 Å². The van der Waals surface area contributed by atoms with Gasteiger partial charge in [-0.3, -0.25) is 0 Å². The van der Waals surface area contributed by atoms with Gasteiger partial charge in [-0.2, -0.15) is 0 Å². The molecular formula is H7AlMgMnSbZn. The Kier molecular flexibility index (Phi) is 128. The molecule has 0 fully saturated rings. The molecule has 0 saturated carbocycles. The Labute approximate surface area is 91.5 Å². The average Bonchev–Trinajstić information content (AvgIpc) is 1.00. The van der Waals surface area contributed by atoms with Gasteiger partial charge < -0.3 is 0 Å². The minimum absolute atomic E-state index is 0. The van der Waals surface area contributed by atoms with Crippen LogP contribution in [0.1, 0.15) is 0 Å². The normalized spacial score (nSPS) is 1.20. The van der Waals surface area contributed by atoms with Crippen LogP contribution in [0.3, 0.4) is 0 Å². The maximum Gasteiger partial charge on any atom is 0 e. The van der Waals surface area contributed by atoms with E-state index in [0.717, 1.165) is 20.7 Å². The first-order valence-electron chi connectivity index (χ1n) is 0.218. The Morgan fingerprint density at radius 1 is 1.20 bits per heavy atom. The van der Waals surface area contributed by atoms with Crippen molar-refractivity contribution >= 4 is 61.2 Å². The van der Waals surface area contributed by atoms with Gasteiger partial charge in [0.25, 0.3) is 0 Å². The van der Waals surface area contributed by atoms with E-state index in [0.29, 0.717) is 0 Å². The van der Waals surface area contributed by atoms with Crippen LogP contribution in [0, 0.1) is 0 Å². The van der Waals surface area contributed by atoms with Gasteiger partial charge in [-0.05, 0) is 0 Å². The van der Waals surface area contributed by atoms with Crippen molar-refractivity contribution in [2.45, 2.75) is 0 Å². The van der Waals surface area contributed by atoms with Crippen LogP contribution in [0.25, 0.3) is 0 Å². The van der Waals surface area contributed by atoms with E-state index in [1.807, 2.05) is 0 Å². The summed E-state index contributed by atoms with van der Waals surface area (Å²) in [6, 6.07) is 0. The topological polar surface area (TPSA) is 0 Å². The Hall–Kier alpha value is 3.26. The SMILES string of the molecule is [AlH3].[MgH2].[Mn][SbH2].[Zn]. The third-order valence-corrected chi connectivity index (χ3v) is 0. The zero-order chi connectivity index (χ0) is 2.00. The van der Waals surface area contributed by atoms with Gasteiger partial charge in [-0.25, -0.2) is 0 Å². The Morgan fingerprint density at radius 3 is 1.20 bits per heavy atom. The zero-order valence-electron chi connectivity index (χ0n) is 1.66. The van der Waals surface area contributed by atoms with Crippen molar-refractivity contribution in [3.8, 4) is 0 Å². The molecule has 0 spiro atoms. The Bertz CT molecular complexity index is 11.6. The van der Waals surface area contributed by atoms with Crippen molar-refractivity contribution in [2.75, 3.05) is 0 Å². The molecule has 0 aromatic rings. The van der Waals surface area contributed by atoms with Crippen LogP contribution in [-0.4, -0.2) is 61.2 Å². The van der Waals surface area contributed by atoms with Crippen molar-refractivity contribution in [1.29, 1.82) is 0 Å². The van der Waals surface area contributed by atoms with Gasteiger partial charge in [0, 0.05) is 19.5 Å². The molecule has 5 heavy (non-hydrogen) atoms. The van der Waals surface area contributed by atoms with E-state index in [4.69, 9.17) is 0 Å². The summed E-state index contributed by atoms with van der Waals surface area (Å²) in [4.78, 5) is 0. The van der Waals surface area contributed by atoms with Crippen LogP contribution >= 0.6 is 0 Å². The van der Waals surface area contributed by atoms with Gasteiger partial charge >= 0.3 is 56.5 Å². The van der Waals surface area contributed by atoms with Gasteiger partial charge in [0.15, 0.2) is 17.4 Å². The molecule has 0 amide bonds. The van der Waals surface area contributed by atoms with Crippen LogP contribution < -0.4 is 0 Å². The summed E-state index contributed by atoms with van der Waals surface area (Å²) < 4.78 is 0. The fourth-order valence-electron chi connectivity index (χ4n) is 0. The Balaban J connectivity index is -0.00000000167. The molecule has 0 unspecified atom stereocenters. The smallest absolute Gasteiger partial charge is 0 e. The largest absolute Gasteiger partial charge is 0 e. The maximum absolute atomic E-state index is 3.07. The van der Waals surface area contributed by atoms with Crippen molar-refractivity contribution in [1.82, 2.24) is 0 Å². The van der Waals surface area contributed by atoms with E-state index in [1.165, 1.54) is 0 Å². The monoisotopic (exact) mass is 298 g/mol. The first kappa shape index (κ1) is 24.0. The molecule has 0 atom stereocenters. The minimum Gasteiger partial charge on any atom is 0 e. The average molecular weight is 300 g/mol. The van der Waals surface area contributed by atoms with Crippen LogP contribution in [0.15, 0.2) is 0 Å². The molecule has 0 rings (SSSR count). The molecule has 0 bridgehead atoms. The fraction of sp³-hybridized carbons (Fsp3) is 0. The maximum atomic E-state index is 3.07. The summed E-state index contributed by atoms with van der Waals surface area (Å²) in [5.41, 5.74) is 0. The van der Waals surface area contributed by atoms with E-state index >= 15 is 0 Å². The third-order valence-electron chi connectivity index (χ3n) is 0. The molecule has 0 saturated heterocycles. The van der Waals surface area contributed by atoms with Crippen LogP contribution in [-0.2, 0) is 32.1 Å². The van der Waals surface area contributed by atoms with Gasteiger partial charge in [0.1, 0.15) is 0 Å². The predicted molar refractivity (Wildman–Crippen MR) is 27.0 cm³/mol. The van der Waals surface area contributed by atoms with Gasteiger partial charge in [-0.1, -0.05) is 0 Å². The summed E-state index contributed by atoms with van der Waals surface area (Å²) in [7, 11) is 0. The van der Waals surface area contributed by atoms with E-state index in [2.05, 4.69) is 12.7 Å². The summed E-state index contributed by atoms with van der Waals surface area (Å²) in [5, 5.41) is 0. The van der Waals surface area contributed by atoms with Gasteiger partial charge in [-0.15, -0.1) is 0 Å². The second kappa shape index (κ2) is 26.8. The quantitative estimate of drug-likeness (QED) is 0.418. The minimum atomic E-state index is 0. The van der Waals surface area contributed by atoms with Crippen molar-refractivity contribution < 1.29 is 32.1 Å². The molecule has 0 aromatic carbocycles. The number of hydrogen-bond donors (Lipinski definition) is 0. The predicted octanol–water partition coefficient (Wildman–Crippen LogP) is -3.02. The van der Waals surface area contributed by atoms with Crippen LogP contribution in [0.2, 0.25) is 0 Å². The van der Waals surface area contributed by atoms with Crippen molar-refractivity contribution in [2.24, 2.45) is 0 Å². The molecule has 0 nitrogen and oxygen atoms in total. The molecule has 0 aliphatic rings. The van der Waals surface area contributed by atoms with Crippen molar-refractivity contribution in [3.05, 3.63) is 0 Å². The molecule has 26 valence electrons. The van der Waals surface area contributed by atoms with Gasteiger partial charge in [0.2, 0.25) is 0 Å². The molecule has 0 heterocycles. The fourth-order valence-corrected chi connectivity index (χ4v) is 0. The third kappa shape index (κ3) is 18.9. The summed E-state index contributed by atoms with van der Waals surface area (Å²) in [6.07, 6.45) is 0. The molecule has 0 radical (unpaired) electrons. The number of hydrogen-bond acceptors (Lipinski definition) is 0. The standard InChI is InChI=1S/Al.Mg.Mn.Sb.Zn.7H. The van der Waals surface area contributed by atoms with Gasteiger partial charge in [0.05, 0.1) is 0 Å². The molecule has 0 aliphatic heterocycles.